The lowest BCUT2D eigenvalue weighted by Crippen LogP contribution is -2.08. The second kappa shape index (κ2) is 5.53. The Bertz CT molecular complexity index is 590. The molecule has 0 saturated carbocycles. The van der Waals surface area contributed by atoms with Gasteiger partial charge in [0.2, 0.25) is 0 Å². The topological polar surface area (TPSA) is 56.5 Å². The van der Waals surface area contributed by atoms with E-state index in [1.807, 2.05) is 0 Å². The maximum Gasteiger partial charge on any atom is 0.316 e. The van der Waals surface area contributed by atoms with Gasteiger partial charge in [-0.1, -0.05) is 23.4 Å². The number of fused-ring (bicyclic) bond motifs is 1. The SMILES string of the molecule is CCOC(=O)CSc1nnc(Cl)c2c(F)ccn12. The molecule has 0 unspecified atom stereocenters. The molecule has 0 aliphatic heterocycles. The normalized spacial score (nSPS) is 10.8. The van der Waals surface area contributed by atoms with Gasteiger partial charge in [-0.15, -0.1) is 10.2 Å². The first-order valence-electron chi connectivity index (χ1n) is 5.10. The lowest BCUT2D eigenvalue weighted by molar-refractivity contribution is -0.139. The number of hydrogen-bond donors (Lipinski definition) is 0. The van der Waals surface area contributed by atoms with Gasteiger partial charge >= 0.3 is 5.97 Å². The largest absolute Gasteiger partial charge is 0.465 e. The van der Waals surface area contributed by atoms with Crippen molar-refractivity contribution >= 4 is 34.8 Å². The fourth-order valence-electron chi connectivity index (χ4n) is 1.37. The molecule has 0 radical (unpaired) electrons. The first-order valence-corrected chi connectivity index (χ1v) is 6.47. The smallest absolute Gasteiger partial charge is 0.316 e. The molecule has 0 spiro atoms. The molecule has 2 aromatic rings. The Balaban J connectivity index is 2.24. The molecule has 0 bridgehead atoms. The van der Waals surface area contributed by atoms with E-state index in [1.54, 1.807) is 6.92 Å². The molecule has 8 heteroatoms. The summed E-state index contributed by atoms with van der Waals surface area (Å²) in [5, 5.41) is 7.83. The summed E-state index contributed by atoms with van der Waals surface area (Å²) in [5.41, 5.74) is 0.151. The third kappa shape index (κ3) is 2.56. The van der Waals surface area contributed by atoms with Crippen molar-refractivity contribution in [2.75, 3.05) is 12.4 Å². The summed E-state index contributed by atoms with van der Waals surface area (Å²) < 4.78 is 19.7. The highest BCUT2D eigenvalue weighted by atomic mass is 35.5. The lowest BCUT2D eigenvalue weighted by Gasteiger charge is -2.04. The van der Waals surface area contributed by atoms with Crippen LogP contribution < -0.4 is 0 Å². The minimum atomic E-state index is -0.479. The highest BCUT2D eigenvalue weighted by Gasteiger charge is 2.14. The molecule has 0 atom stereocenters. The van der Waals surface area contributed by atoms with E-state index in [2.05, 4.69) is 10.2 Å². The van der Waals surface area contributed by atoms with Crippen molar-refractivity contribution in [2.24, 2.45) is 0 Å². The average Bonchev–Trinajstić information content (AvgIpc) is 2.72. The van der Waals surface area contributed by atoms with Crippen LogP contribution in [0.25, 0.3) is 5.52 Å². The molecule has 18 heavy (non-hydrogen) atoms. The number of halogens is 2. The van der Waals surface area contributed by atoms with E-state index in [9.17, 15) is 9.18 Å². The number of rotatable bonds is 4. The molecule has 0 aliphatic rings. The van der Waals surface area contributed by atoms with E-state index in [1.165, 1.54) is 16.7 Å². The lowest BCUT2D eigenvalue weighted by atomic mass is 10.5. The van der Waals surface area contributed by atoms with Gasteiger partial charge in [-0.05, 0) is 13.0 Å². The quantitative estimate of drug-likeness (QED) is 0.638. The number of thioether (sulfide) groups is 1. The Morgan fingerprint density at radius 3 is 3.11 bits per heavy atom. The molecular formula is C10H9ClFN3O2S. The van der Waals surface area contributed by atoms with Crippen molar-refractivity contribution in [1.29, 1.82) is 0 Å². The Morgan fingerprint density at radius 2 is 2.39 bits per heavy atom. The third-order valence-corrected chi connectivity index (χ3v) is 3.26. The maximum absolute atomic E-state index is 13.4. The zero-order valence-electron chi connectivity index (χ0n) is 9.39. The Hall–Kier alpha value is -1.34. The van der Waals surface area contributed by atoms with Crippen LogP contribution in [-0.2, 0) is 9.53 Å². The Labute approximate surface area is 111 Å². The second-order valence-electron chi connectivity index (χ2n) is 3.25. The van der Waals surface area contributed by atoms with E-state index in [-0.39, 0.29) is 22.4 Å². The molecule has 96 valence electrons. The Kier molecular flexibility index (Phi) is 4.03. The zero-order valence-corrected chi connectivity index (χ0v) is 11.0. The van der Waals surface area contributed by atoms with Crippen LogP contribution in [0, 0.1) is 5.82 Å². The van der Waals surface area contributed by atoms with Crippen LogP contribution in [0.1, 0.15) is 6.92 Å². The van der Waals surface area contributed by atoms with Gasteiger partial charge < -0.3 is 4.74 Å². The molecule has 2 aromatic heterocycles. The van der Waals surface area contributed by atoms with Crippen LogP contribution in [0.15, 0.2) is 17.4 Å². The van der Waals surface area contributed by atoms with Crippen LogP contribution in [0.3, 0.4) is 0 Å². The molecule has 0 aliphatic carbocycles. The van der Waals surface area contributed by atoms with E-state index < -0.39 is 5.82 Å². The minimum absolute atomic E-state index is 0.0158. The number of hydrogen-bond acceptors (Lipinski definition) is 5. The van der Waals surface area contributed by atoms with E-state index in [4.69, 9.17) is 16.3 Å². The fraction of sp³-hybridized carbons (Fsp3) is 0.300. The summed E-state index contributed by atoms with van der Waals surface area (Å²) in [6, 6.07) is 1.26. The van der Waals surface area contributed by atoms with Crippen LogP contribution >= 0.6 is 23.4 Å². The number of ether oxygens (including phenoxy) is 1. The first kappa shape index (κ1) is 13.1. The van der Waals surface area contributed by atoms with Crippen LogP contribution in [0.4, 0.5) is 4.39 Å². The van der Waals surface area contributed by atoms with Crippen LogP contribution in [-0.4, -0.2) is 32.9 Å². The van der Waals surface area contributed by atoms with E-state index in [0.29, 0.717) is 11.8 Å². The standard InChI is InChI=1S/C10H9ClFN3O2S/c1-2-17-7(16)5-18-10-14-13-9(11)8-6(12)3-4-15(8)10/h3-4H,2,5H2,1H3. The van der Waals surface area contributed by atoms with Gasteiger partial charge in [-0.25, -0.2) is 4.39 Å². The van der Waals surface area contributed by atoms with Crippen molar-refractivity contribution in [1.82, 2.24) is 14.6 Å². The van der Waals surface area contributed by atoms with Gasteiger partial charge in [-0.2, -0.15) is 0 Å². The van der Waals surface area contributed by atoms with Crippen molar-refractivity contribution in [3.63, 3.8) is 0 Å². The van der Waals surface area contributed by atoms with Gasteiger partial charge in [0.1, 0.15) is 5.52 Å². The number of carbonyl (C=O) groups excluding carboxylic acids is 1. The molecule has 0 amide bonds. The highest BCUT2D eigenvalue weighted by molar-refractivity contribution is 7.99. The summed E-state index contributed by atoms with van der Waals surface area (Å²) in [6.45, 7) is 2.05. The Morgan fingerprint density at radius 1 is 1.61 bits per heavy atom. The maximum atomic E-state index is 13.4. The van der Waals surface area contributed by atoms with Crippen LogP contribution in [0.2, 0.25) is 5.15 Å². The monoisotopic (exact) mass is 289 g/mol. The summed E-state index contributed by atoms with van der Waals surface area (Å²) >= 11 is 6.86. The minimum Gasteiger partial charge on any atom is -0.465 e. The van der Waals surface area contributed by atoms with Crippen molar-refractivity contribution < 1.29 is 13.9 Å². The van der Waals surface area contributed by atoms with Crippen LogP contribution in [0.5, 0.6) is 0 Å². The second-order valence-corrected chi connectivity index (χ2v) is 4.55. The number of aromatic nitrogens is 3. The molecule has 2 heterocycles. The fourth-order valence-corrected chi connectivity index (χ4v) is 2.31. The number of nitrogens with zero attached hydrogens (tertiary/aromatic N) is 3. The zero-order chi connectivity index (χ0) is 13.1. The van der Waals surface area contributed by atoms with Gasteiger partial charge in [0, 0.05) is 6.20 Å². The summed E-state index contributed by atoms with van der Waals surface area (Å²) in [7, 11) is 0. The predicted octanol–water partition coefficient (Wildman–Crippen LogP) is 2.18. The van der Waals surface area contributed by atoms with Gasteiger partial charge in [0.15, 0.2) is 16.1 Å². The predicted molar refractivity (Wildman–Crippen MR) is 65.3 cm³/mol. The van der Waals surface area contributed by atoms with Crippen molar-refractivity contribution in [3.05, 3.63) is 23.2 Å². The molecule has 0 fully saturated rings. The third-order valence-electron chi connectivity index (χ3n) is 2.09. The number of carbonyl (C=O) groups is 1. The van der Waals surface area contributed by atoms with Crippen molar-refractivity contribution in [3.8, 4) is 0 Å². The molecule has 0 N–H and O–H groups in total. The van der Waals surface area contributed by atoms with Crippen molar-refractivity contribution in [2.45, 2.75) is 12.1 Å². The van der Waals surface area contributed by atoms with E-state index >= 15 is 0 Å². The molecule has 0 saturated heterocycles. The first-order chi connectivity index (χ1) is 8.63. The summed E-state index contributed by atoms with van der Waals surface area (Å²) in [5.74, 6) is -0.758. The highest BCUT2D eigenvalue weighted by Crippen LogP contribution is 2.24. The van der Waals surface area contributed by atoms with E-state index in [0.717, 1.165) is 11.8 Å². The molecular weight excluding hydrogens is 281 g/mol. The van der Waals surface area contributed by atoms with Gasteiger partial charge in [0.05, 0.1) is 12.4 Å². The van der Waals surface area contributed by atoms with Gasteiger partial charge in [-0.3, -0.25) is 9.20 Å². The number of esters is 1. The summed E-state index contributed by atoms with van der Waals surface area (Å²) in [6.07, 6.45) is 1.48. The molecule has 2 rings (SSSR count). The molecule has 0 aromatic carbocycles. The summed E-state index contributed by atoms with van der Waals surface area (Å²) in [4.78, 5) is 11.2. The molecule has 5 nitrogen and oxygen atoms in total. The average molecular weight is 290 g/mol. The van der Waals surface area contributed by atoms with Gasteiger partial charge in [0.25, 0.3) is 0 Å².